The second-order valence-corrected chi connectivity index (χ2v) is 6.28. The number of anilines is 1. The largest absolute Gasteiger partial charge is 0.497 e. The molecule has 0 saturated heterocycles. The van der Waals surface area contributed by atoms with Gasteiger partial charge in [0, 0.05) is 41.7 Å². The van der Waals surface area contributed by atoms with E-state index in [1.165, 1.54) is 11.8 Å². The van der Waals surface area contributed by atoms with Crippen molar-refractivity contribution in [2.24, 2.45) is 0 Å². The van der Waals surface area contributed by atoms with Crippen LogP contribution in [0.25, 0.3) is 0 Å². The van der Waals surface area contributed by atoms with Gasteiger partial charge in [0.05, 0.1) is 14.2 Å². The standard InChI is InChI=1S/C18H23N3O3S/c1-11-16(12(2)20-18(19-11)25-5)6-7-17(22)21-13-8-14(23-3)10-15(9-13)24-4/h8-10H,6-7H2,1-5H3,(H,21,22). The van der Waals surface area contributed by atoms with Crippen molar-refractivity contribution < 1.29 is 14.3 Å². The number of methoxy groups -OCH3 is 2. The van der Waals surface area contributed by atoms with Crippen molar-refractivity contribution in [2.45, 2.75) is 31.8 Å². The van der Waals surface area contributed by atoms with Gasteiger partial charge in [0.15, 0.2) is 5.16 Å². The Bertz CT molecular complexity index is 720. The summed E-state index contributed by atoms with van der Waals surface area (Å²) in [5.74, 6) is 1.17. The molecule has 2 rings (SSSR count). The molecule has 2 aromatic rings. The Morgan fingerprint density at radius 3 is 2.12 bits per heavy atom. The van der Waals surface area contributed by atoms with E-state index in [1.807, 2.05) is 20.1 Å². The van der Waals surface area contributed by atoms with Crippen molar-refractivity contribution in [3.05, 3.63) is 35.2 Å². The second-order valence-electron chi connectivity index (χ2n) is 5.51. The zero-order valence-electron chi connectivity index (χ0n) is 15.2. The van der Waals surface area contributed by atoms with Crippen LogP contribution in [0.5, 0.6) is 11.5 Å². The molecule has 1 aromatic heterocycles. The molecule has 0 saturated carbocycles. The number of hydrogen-bond acceptors (Lipinski definition) is 6. The molecule has 0 atom stereocenters. The molecular weight excluding hydrogens is 338 g/mol. The number of benzene rings is 1. The average molecular weight is 361 g/mol. The van der Waals surface area contributed by atoms with E-state index in [-0.39, 0.29) is 5.91 Å². The van der Waals surface area contributed by atoms with Crippen LogP contribution in [0.2, 0.25) is 0 Å². The maximum Gasteiger partial charge on any atom is 0.224 e. The SMILES string of the molecule is COc1cc(NC(=O)CCc2c(C)nc(SC)nc2C)cc(OC)c1. The number of carbonyl (C=O) groups is 1. The summed E-state index contributed by atoms with van der Waals surface area (Å²) in [4.78, 5) is 21.2. The summed E-state index contributed by atoms with van der Waals surface area (Å²) >= 11 is 1.51. The third-order valence-corrected chi connectivity index (χ3v) is 4.37. The van der Waals surface area contributed by atoms with Crippen LogP contribution in [0.15, 0.2) is 23.4 Å². The summed E-state index contributed by atoms with van der Waals surface area (Å²) in [5, 5.41) is 3.64. The summed E-state index contributed by atoms with van der Waals surface area (Å²) in [6.07, 6.45) is 2.90. The molecule has 6 nitrogen and oxygen atoms in total. The van der Waals surface area contributed by atoms with Gasteiger partial charge in [-0.15, -0.1) is 0 Å². The number of aryl methyl sites for hydroxylation is 2. The first-order valence-electron chi connectivity index (χ1n) is 7.87. The Balaban J connectivity index is 2.04. The third kappa shape index (κ3) is 5.09. The maximum absolute atomic E-state index is 12.3. The van der Waals surface area contributed by atoms with Crippen LogP contribution in [0, 0.1) is 13.8 Å². The van der Waals surface area contributed by atoms with Crippen molar-refractivity contribution in [1.29, 1.82) is 0 Å². The summed E-state index contributed by atoms with van der Waals surface area (Å²) < 4.78 is 10.4. The molecule has 134 valence electrons. The summed E-state index contributed by atoms with van der Waals surface area (Å²) in [6, 6.07) is 5.27. The van der Waals surface area contributed by atoms with E-state index in [1.54, 1.807) is 32.4 Å². The maximum atomic E-state index is 12.3. The number of ether oxygens (including phenoxy) is 2. The minimum atomic E-state index is -0.0805. The lowest BCUT2D eigenvalue weighted by molar-refractivity contribution is -0.116. The number of aromatic nitrogens is 2. The molecule has 0 unspecified atom stereocenters. The van der Waals surface area contributed by atoms with E-state index in [4.69, 9.17) is 9.47 Å². The second kappa shape index (κ2) is 8.71. The number of rotatable bonds is 7. The first-order chi connectivity index (χ1) is 12.0. The van der Waals surface area contributed by atoms with E-state index in [0.717, 1.165) is 22.1 Å². The van der Waals surface area contributed by atoms with Crippen LogP contribution in [-0.2, 0) is 11.2 Å². The zero-order chi connectivity index (χ0) is 18.4. The third-order valence-electron chi connectivity index (χ3n) is 3.82. The lowest BCUT2D eigenvalue weighted by atomic mass is 10.1. The number of thioether (sulfide) groups is 1. The predicted molar refractivity (Wildman–Crippen MR) is 99.8 cm³/mol. The summed E-state index contributed by atoms with van der Waals surface area (Å²) in [5.41, 5.74) is 3.51. The van der Waals surface area contributed by atoms with E-state index in [2.05, 4.69) is 15.3 Å². The average Bonchev–Trinajstić information content (AvgIpc) is 2.60. The molecular formula is C18H23N3O3S. The first kappa shape index (κ1) is 19.1. The van der Waals surface area contributed by atoms with Crippen LogP contribution < -0.4 is 14.8 Å². The van der Waals surface area contributed by atoms with Gasteiger partial charge >= 0.3 is 0 Å². The fraction of sp³-hybridized carbons (Fsp3) is 0.389. The zero-order valence-corrected chi connectivity index (χ0v) is 16.0. The molecule has 1 N–H and O–H groups in total. The van der Waals surface area contributed by atoms with Crippen LogP contribution in [0.3, 0.4) is 0 Å². The van der Waals surface area contributed by atoms with Crippen molar-refractivity contribution in [1.82, 2.24) is 9.97 Å². The molecule has 1 amide bonds. The van der Waals surface area contributed by atoms with Crippen molar-refractivity contribution in [3.63, 3.8) is 0 Å². The molecule has 0 spiro atoms. The number of nitrogens with zero attached hydrogens (tertiary/aromatic N) is 2. The van der Waals surface area contributed by atoms with E-state index in [0.29, 0.717) is 30.0 Å². The van der Waals surface area contributed by atoms with Gasteiger partial charge in [-0.2, -0.15) is 0 Å². The van der Waals surface area contributed by atoms with Crippen LogP contribution in [0.4, 0.5) is 5.69 Å². The van der Waals surface area contributed by atoms with Crippen LogP contribution in [0.1, 0.15) is 23.4 Å². The Morgan fingerprint density at radius 2 is 1.64 bits per heavy atom. The monoisotopic (exact) mass is 361 g/mol. The topological polar surface area (TPSA) is 73.3 Å². The number of hydrogen-bond donors (Lipinski definition) is 1. The highest BCUT2D eigenvalue weighted by molar-refractivity contribution is 7.98. The fourth-order valence-electron chi connectivity index (χ4n) is 2.50. The minimum Gasteiger partial charge on any atom is -0.497 e. The van der Waals surface area contributed by atoms with Gasteiger partial charge < -0.3 is 14.8 Å². The Hall–Kier alpha value is -2.28. The molecule has 25 heavy (non-hydrogen) atoms. The Kier molecular flexibility index (Phi) is 6.64. The number of amides is 1. The Labute approximate surface area is 152 Å². The highest BCUT2D eigenvalue weighted by Crippen LogP contribution is 2.26. The lowest BCUT2D eigenvalue weighted by Gasteiger charge is -2.11. The van der Waals surface area contributed by atoms with Gasteiger partial charge in [0.1, 0.15) is 11.5 Å². The highest BCUT2D eigenvalue weighted by atomic mass is 32.2. The molecule has 0 aliphatic carbocycles. The van der Waals surface area contributed by atoms with Crippen molar-refractivity contribution in [2.75, 3.05) is 25.8 Å². The highest BCUT2D eigenvalue weighted by Gasteiger charge is 2.11. The van der Waals surface area contributed by atoms with E-state index >= 15 is 0 Å². The van der Waals surface area contributed by atoms with Gasteiger partial charge in [-0.3, -0.25) is 4.79 Å². The van der Waals surface area contributed by atoms with Crippen molar-refractivity contribution >= 4 is 23.4 Å². The van der Waals surface area contributed by atoms with Gasteiger partial charge in [0.2, 0.25) is 5.91 Å². The van der Waals surface area contributed by atoms with Gasteiger partial charge in [0.25, 0.3) is 0 Å². The number of nitrogens with one attached hydrogen (secondary N) is 1. The fourth-order valence-corrected chi connectivity index (χ4v) is 2.96. The lowest BCUT2D eigenvalue weighted by Crippen LogP contribution is -2.14. The van der Waals surface area contributed by atoms with Gasteiger partial charge in [-0.05, 0) is 32.1 Å². The normalized spacial score (nSPS) is 10.4. The quantitative estimate of drug-likeness (QED) is 0.602. The predicted octanol–water partition coefficient (Wildman–Crippen LogP) is 3.40. The molecule has 0 fully saturated rings. The summed E-state index contributed by atoms with van der Waals surface area (Å²) in [7, 11) is 3.15. The van der Waals surface area contributed by atoms with E-state index in [9.17, 15) is 4.79 Å². The van der Waals surface area contributed by atoms with Crippen molar-refractivity contribution in [3.8, 4) is 11.5 Å². The first-order valence-corrected chi connectivity index (χ1v) is 9.10. The molecule has 1 aromatic carbocycles. The van der Waals surface area contributed by atoms with Crippen LogP contribution in [-0.4, -0.2) is 36.4 Å². The summed E-state index contributed by atoms with van der Waals surface area (Å²) in [6.45, 7) is 3.91. The van der Waals surface area contributed by atoms with Gasteiger partial charge in [-0.1, -0.05) is 11.8 Å². The molecule has 7 heteroatoms. The van der Waals surface area contributed by atoms with Gasteiger partial charge in [-0.25, -0.2) is 9.97 Å². The van der Waals surface area contributed by atoms with E-state index < -0.39 is 0 Å². The molecule has 0 aliphatic rings. The van der Waals surface area contributed by atoms with Crippen LogP contribution >= 0.6 is 11.8 Å². The smallest absolute Gasteiger partial charge is 0.224 e. The minimum absolute atomic E-state index is 0.0805. The Morgan fingerprint density at radius 1 is 1.08 bits per heavy atom. The molecule has 0 radical (unpaired) electrons. The molecule has 1 heterocycles. The molecule has 0 aliphatic heterocycles. The number of carbonyl (C=O) groups excluding carboxylic acids is 1. The molecule has 0 bridgehead atoms.